The predicted molar refractivity (Wildman–Crippen MR) is 45.4 cm³/mol. The van der Waals surface area contributed by atoms with Gasteiger partial charge in [0.05, 0.1) is 5.69 Å². The number of hydrogen-bond acceptors (Lipinski definition) is 1. The maximum Gasteiger partial charge on any atom is 0.146 e. The van der Waals surface area contributed by atoms with Gasteiger partial charge in [-0.2, -0.15) is 0 Å². The van der Waals surface area contributed by atoms with Crippen LogP contribution in [0.5, 0.6) is 0 Å². The van der Waals surface area contributed by atoms with Gasteiger partial charge in [-0.15, -0.1) is 0 Å². The van der Waals surface area contributed by atoms with Gasteiger partial charge in [0.25, 0.3) is 0 Å². The van der Waals surface area contributed by atoms with E-state index in [2.05, 4.69) is 5.32 Å². The first-order valence-corrected chi connectivity index (χ1v) is 3.59. The van der Waals surface area contributed by atoms with Gasteiger partial charge in [-0.3, -0.25) is 0 Å². The zero-order valence-corrected chi connectivity index (χ0v) is 7.03. The molecule has 2 heteroatoms. The summed E-state index contributed by atoms with van der Waals surface area (Å²) in [6.07, 6.45) is 0. The molecule has 0 aliphatic heterocycles. The van der Waals surface area contributed by atoms with Crippen LogP contribution >= 0.6 is 0 Å². The maximum absolute atomic E-state index is 13.0. The van der Waals surface area contributed by atoms with Crippen molar-refractivity contribution in [3.05, 3.63) is 29.1 Å². The molecule has 1 aromatic rings. The minimum absolute atomic E-state index is 0.176. The molecule has 0 amide bonds. The van der Waals surface area contributed by atoms with Crippen LogP contribution in [0.1, 0.15) is 11.1 Å². The van der Waals surface area contributed by atoms with Crippen LogP contribution in [0.3, 0.4) is 0 Å². The van der Waals surface area contributed by atoms with Gasteiger partial charge < -0.3 is 5.32 Å². The average Bonchev–Trinajstić information content (AvgIpc) is 1.85. The summed E-state index contributed by atoms with van der Waals surface area (Å²) in [4.78, 5) is 0. The molecule has 0 saturated carbocycles. The number of aryl methyl sites for hydroxylation is 2. The van der Waals surface area contributed by atoms with E-state index in [0.717, 1.165) is 11.1 Å². The molecule has 60 valence electrons. The molecule has 1 N–H and O–H groups in total. The molecule has 0 spiro atoms. The summed E-state index contributed by atoms with van der Waals surface area (Å²) in [7, 11) is 1.72. The molecular formula is C9H12FN. The zero-order valence-electron chi connectivity index (χ0n) is 7.03. The van der Waals surface area contributed by atoms with E-state index in [1.807, 2.05) is 19.9 Å². The molecule has 1 nitrogen and oxygen atoms in total. The smallest absolute Gasteiger partial charge is 0.146 e. The average molecular weight is 153 g/mol. The minimum Gasteiger partial charge on any atom is -0.386 e. The van der Waals surface area contributed by atoms with Gasteiger partial charge in [0.2, 0.25) is 0 Å². The fourth-order valence-electron chi connectivity index (χ4n) is 1.23. The SMILES string of the molecule is CNc1c(C)cc(C)cc1F. The van der Waals surface area contributed by atoms with Gasteiger partial charge >= 0.3 is 0 Å². The largest absolute Gasteiger partial charge is 0.386 e. The second-order valence-corrected chi connectivity index (χ2v) is 2.69. The fraction of sp³-hybridized carbons (Fsp3) is 0.333. The Morgan fingerprint density at radius 2 is 1.91 bits per heavy atom. The van der Waals surface area contributed by atoms with E-state index in [4.69, 9.17) is 0 Å². The van der Waals surface area contributed by atoms with Crippen LogP contribution < -0.4 is 5.32 Å². The molecule has 0 unspecified atom stereocenters. The van der Waals surface area contributed by atoms with E-state index in [-0.39, 0.29) is 5.82 Å². The Kier molecular flexibility index (Phi) is 2.13. The van der Waals surface area contributed by atoms with Gasteiger partial charge in [0, 0.05) is 7.05 Å². The highest BCUT2D eigenvalue weighted by Crippen LogP contribution is 2.19. The standard InChI is InChI=1S/C9H12FN/c1-6-4-7(2)9(11-3)8(10)5-6/h4-5,11H,1-3H3. The molecule has 11 heavy (non-hydrogen) atoms. The molecule has 0 saturated heterocycles. The van der Waals surface area contributed by atoms with E-state index in [0.29, 0.717) is 5.69 Å². The Labute approximate surface area is 66.2 Å². The number of hydrogen-bond donors (Lipinski definition) is 1. The topological polar surface area (TPSA) is 12.0 Å². The van der Waals surface area contributed by atoms with Crippen molar-refractivity contribution in [3.63, 3.8) is 0 Å². The maximum atomic E-state index is 13.0. The van der Waals surface area contributed by atoms with Crippen LogP contribution in [0.2, 0.25) is 0 Å². The molecule has 0 radical (unpaired) electrons. The Morgan fingerprint density at radius 1 is 1.27 bits per heavy atom. The summed E-state index contributed by atoms with van der Waals surface area (Å²) in [5, 5.41) is 2.82. The lowest BCUT2D eigenvalue weighted by molar-refractivity contribution is 0.629. The van der Waals surface area contributed by atoms with Crippen molar-refractivity contribution in [1.29, 1.82) is 0 Å². The molecule has 0 aliphatic carbocycles. The Bertz CT molecular complexity index is 245. The number of benzene rings is 1. The van der Waals surface area contributed by atoms with Crippen molar-refractivity contribution in [2.24, 2.45) is 0 Å². The molecule has 1 rings (SSSR count). The summed E-state index contributed by atoms with van der Waals surface area (Å²) in [5.74, 6) is -0.176. The highest BCUT2D eigenvalue weighted by molar-refractivity contribution is 5.52. The quantitative estimate of drug-likeness (QED) is 0.653. The van der Waals surface area contributed by atoms with Crippen LogP contribution in [0, 0.1) is 19.7 Å². The Balaban J connectivity index is 3.25. The lowest BCUT2D eigenvalue weighted by atomic mass is 10.1. The molecule has 0 fully saturated rings. The number of rotatable bonds is 1. The van der Waals surface area contributed by atoms with Gasteiger partial charge in [0.1, 0.15) is 5.82 Å². The first-order valence-electron chi connectivity index (χ1n) is 3.59. The van der Waals surface area contributed by atoms with E-state index in [9.17, 15) is 4.39 Å². The van der Waals surface area contributed by atoms with E-state index < -0.39 is 0 Å². The molecule has 1 aromatic carbocycles. The van der Waals surface area contributed by atoms with Crippen molar-refractivity contribution in [1.82, 2.24) is 0 Å². The first kappa shape index (κ1) is 8.05. The normalized spacial score (nSPS) is 9.82. The van der Waals surface area contributed by atoms with Crippen molar-refractivity contribution < 1.29 is 4.39 Å². The monoisotopic (exact) mass is 153 g/mol. The molecule has 0 aromatic heterocycles. The Morgan fingerprint density at radius 3 is 2.36 bits per heavy atom. The van der Waals surface area contributed by atoms with Crippen molar-refractivity contribution in [3.8, 4) is 0 Å². The number of nitrogens with one attached hydrogen (secondary N) is 1. The highest BCUT2D eigenvalue weighted by atomic mass is 19.1. The molecule has 0 aliphatic rings. The second kappa shape index (κ2) is 2.91. The van der Waals surface area contributed by atoms with E-state index >= 15 is 0 Å². The van der Waals surface area contributed by atoms with E-state index in [1.165, 1.54) is 6.07 Å². The highest BCUT2D eigenvalue weighted by Gasteiger charge is 2.03. The summed E-state index contributed by atoms with van der Waals surface area (Å²) >= 11 is 0. The third-order valence-corrected chi connectivity index (χ3v) is 1.68. The van der Waals surface area contributed by atoms with Crippen LogP contribution in [0.4, 0.5) is 10.1 Å². The zero-order chi connectivity index (χ0) is 8.43. The Hall–Kier alpha value is -1.05. The third kappa shape index (κ3) is 1.50. The predicted octanol–water partition coefficient (Wildman–Crippen LogP) is 2.48. The van der Waals surface area contributed by atoms with E-state index in [1.54, 1.807) is 7.05 Å². The van der Waals surface area contributed by atoms with Crippen molar-refractivity contribution in [2.45, 2.75) is 13.8 Å². The summed E-state index contributed by atoms with van der Waals surface area (Å²) in [6.45, 7) is 3.78. The van der Waals surface area contributed by atoms with Gasteiger partial charge in [-0.1, -0.05) is 6.07 Å². The van der Waals surface area contributed by atoms with Crippen molar-refractivity contribution in [2.75, 3.05) is 12.4 Å². The van der Waals surface area contributed by atoms with Crippen LogP contribution in [-0.2, 0) is 0 Å². The van der Waals surface area contributed by atoms with Gasteiger partial charge in [0.15, 0.2) is 0 Å². The van der Waals surface area contributed by atoms with Gasteiger partial charge in [-0.25, -0.2) is 4.39 Å². The lowest BCUT2D eigenvalue weighted by Crippen LogP contribution is -1.96. The minimum atomic E-state index is -0.176. The summed E-state index contributed by atoms with van der Waals surface area (Å²) in [5.41, 5.74) is 2.50. The summed E-state index contributed by atoms with van der Waals surface area (Å²) in [6, 6.07) is 3.48. The van der Waals surface area contributed by atoms with Gasteiger partial charge in [-0.05, 0) is 31.0 Å². The summed E-state index contributed by atoms with van der Waals surface area (Å²) < 4.78 is 13.0. The van der Waals surface area contributed by atoms with Crippen LogP contribution in [0.25, 0.3) is 0 Å². The fourth-order valence-corrected chi connectivity index (χ4v) is 1.23. The third-order valence-electron chi connectivity index (χ3n) is 1.68. The molecule has 0 heterocycles. The second-order valence-electron chi connectivity index (χ2n) is 2.69. The lowest BCUT2D eigenvalue weighted by Gasteiger charge is -2.06. The molecule has 0 bridgehead atoms. The number of halogens is 1. The first-order chi connectivity index (χ1) is 5.15. The van der Waals surface area contributed by atoms with Crippen LogP contribution in [0.15, 0.2) is 12.1 Å². The van der Waals surface area contributed by atoms with Crippen molar-refractivity contribution >= 4 is 5.69 Å². The number of anilines is 1. The van der Waals surface area contributed by atoms with Crippen LogP contribution in [-0.4, -0.2) is 7.05 Å². The molecule has 0 atom stereocenters. The molecular weight excluding hydrogens is 141 g/mol.